The number of carbonyl (C=O) groups excluding carboxylic acids is 1. The van der Waals surface area contributed by atoms with Gasteiger partial charge in [0.1, 0.15) is 5.69 Å². The predicted molar refractivity (Wildman–Crippen MR) is 116 cm³/mol. The Labute approximate surface area is 173 Å². The standard InChI is InChI=1S/C21H23N5O2S/c1-13-5-8-17(9-6-13)23-19(27)12-29-21-25-24-18(20(28)26(21)22)11-16-7-4-14(2)10-15(16)3/h4-10H,11-12,22H2,1-3H3,(H,23,27). The van der Waals surface area contributed by atoms with Gasteiger partial charge in [-0.05, 0) is 44.0 Å². The molecule has 0 saturated carbocycles. The zero-order valence-electron chi connectivity index (χ0n) is 16.6. The summed E-state index contributed by atoms with van der Waals surface area (Å²) in [5, 5.41) is 11.1. The number of thioether (sulfide) groups is 1. The van der Waals surface area contributed by atoms with E-state index in [0.717, 1.165) is 38.7 Å². The number of rotatable bonds is 6. The van der Waals surface area contributed by atoms with E-state index in [9.17, 15) is 9.59 Å². The van der Waals surface area contributed by atoms with Crippen LogP contribution in [0.4, 0.5) is 5.69 Å². The van der Waals surface area contributed by atoms with E-state index in [1.54, 1.807) is 0 Å². The lowest BCUT2D eigenvalue weighted by atomic mass is 10.0. The third-order valence-electron chi connectivity index (χ3n) is 4.45. The molecule has 0 spiro atoms. The highest BCUT2D eigenvalue weighted by Gasteiger charge is 2.14. The van der Waals surface area contributed by atoms with Crippen LogP contribution in [0.15, 0.2) is 52.4 Å². The Hall–Kier alpha value is -3.13. The fourth-order valence-corrected chi connectivity index (χ4v) is 3.47. The van der Waals surface area contributed by atoms with Gasteiger partial charge in [0, 0.05) is 12.1 Å². The molecule has 1 aromatic heterocycles. The smallest absolute Gasteiger partial charge is 0.294 e. The summed E-state index contributed by atoms with van der Waals surface area (Å²) >= 11 is 1.06. The summed E-state index contributed by atoms with van der Waals surface area (Å²) in [5.74, 6) is 5.75. The topological polar surface area (TPSA) is 103 Å². The van der Waals surface area contributed by atoms with Crippen molar-refractivity contribution < 1.29 is 4.79 Å². The minimum absolute atomic E-state index is 0.0651. The Bertz CT molecular complexity index is 1090. The molecule has 3 rings (SSSR count). The van der Waals surface area contributed by atoms with Gasteiger partial charge in [-0.3, -0.25) is 9.59 Å². The van der Waals surface area contributed by atoms with Crippen LogP contribution in [0.5, 0.6) is 0 Å². The Balaban J connectivity index is 1.66. The molecule has 0 bridgehead atoms. The van der Waals surface area contributed by atoms with E-state index in [0.29, 0.717) is 12.1 Å². The predicted octanol–water partition coefficient (Wildman–Crippen LogP) is 2.60. The molecule has 0 aliphatic heterocycles. The molecule has 8 heteroatoms. The van der Waals surface area contributed by atoms with Crippen molar-refractivity contribution in [3.63, 3.8) is 0 Å². The van der Waals surface area contributed by atoms with E-state index in [2.05, 4.69) is 21.6 Å². The number of nitrogens with two attached hydrogens (primary N) is 1. The van der Waals surface area contributed by atoms with E-state index < -0.39 is 5.56 Å². The number of anilines is 1. The second kappa shape index (κ2) is 8.91. The second-order valence-electron chi connectivity index (χ2n) is 6.91. The minimum atomic E-state index is -0.415. The summed E-state index contributed by atoms with van der Waals surface area (Å²) < 4.78 is 0.954. The summed E-state index contributed by atoms with van der Waals surface area (Å²) in [6.07, 6.45) is 0.355. The van der Waals surface area contributed by atoms with E-state index >= 15 is 0 Å². The fraction of sp³-hybridized carbons (Fsp3) is 0.238. The zero-order chi connectivity index (χ0) is 21.0. The molecule has 1 amide bonds. The molecule has 2 aromatic carbocycles. The van der Waals surface area contributed by atoms with Crippen molar-refractivity contribution in [2.75, 3.05) is 16.9 Å². The van der Waals surface area contributed by atoms with Gasteiger partial charge in [0.2, 0.25) is 11.1 Å². The lowest BCUT2D eigenvalue weighted by Crippen LogP contribution is -2.34. The van der Waals surface area contributed by atoms with Gasteiger partial charge in [-0.25, -0.2) is 0 Å². The van der Waals surface area contributed by atoms with Crippen LogP contribution in [-0.2, 0) is 11.2 Å². The first kappa shape index (κ1) is 20.6. The lowest BCUT2D eigenvalue weighted by molar-refractivity contribution is -0.113. The molecule has 1 heterocycles. The number of nitrogens with one attached hydrogen (secondary N) is 1. The van der Waals surface area contributed by atoms with Gasteiger partial charge in [-0.15, -0.1) is 10.2 Å². The molecule has 0 aliphatic rings. The largest absolute Gasteiger partial charge is 0.334 e. The molecule has 3 N–H and O–H groups in total. The molecular formula is C21H23N5O2S. The monoisotopic (exact) mass is 409 g/mol. The van der Waals surface area contributed by atoms with Crippen LogP contribution in [0.2, 0.25) is 0 Å². The number of aromatic nitrogens is 3. The van der Waals surface area contributed by atoms with Crippen LogP contribution in [-0.4, -0.2) is 26.5 Å². The molecule has 0 saturated heterocycles. The van der Waals surface area contributed by atoms with Gasteiger partial charge >= 0.3 is 0 Å². The molecular weight excluding hydrogens is 386 g/mol. The van der Waals surface area contributed by atoms with Gasteiger partial charge < -0.3 is 11.2 Å². The maximum Gasteiger partial charge on any atom is 0.294 e. The molecule has 0 atom stereocenters. The Morgan fingerprint density at radius 3 is 2.45 bits per heavy atom. The summed E-state index contributed by atoms with van der Waals surface area (Å²) in [6.45, 7) is 5.99. The van der Waals surface area contributed by atoms with Crippen molar-refractivity contribution in [3.05, 3.63) is 80.8 Å². The third-order valence-corrected chi connectivity index (χ3v) is 5.39. The van der Waals surface area contributed by atoms with Crippen LogP contribution in [0.3, 0.4) is 0 Å². The van der Waals surface area contributed by atoms with Crippen molar-refractivity contribution in [3.8, 4) is 0 Å². The van der Waals surface area contributed by atoms with Crippen molar-refractivity contribution in [2.45, 2.75) is 32.3 Å². The molecule has 29 heavy (non-hydrogen) atoms. The Morgan fingerprint density at radius 1 is 1.07 bits per heavy atom. The average molecular weight is 410 g/mol. The molecule has 0 aliphatic carbocycles. The van der Waals surface area contributed by atoms with Gasteiger partial charge in [0.25, 0.3) is 5.56 Å². The first-order chi connectivity index (χ1) is 13.8. The van der Waals surface area contributed by atoms with E-state index in [4.69, 9.17) is 5.84 Å². The molecule has 7 nitrogen and oxygen atoms in total. The van der Waals surface area contributed by atoms with E-state index in [1.165, 1.54) is 0 Å². The number of hydrogen-bond acceptors (Lipinski definition) is 6. The maximum atomic E-state index is 12.6. The van der Waals surface area contributed by atoms with Gasteiger partial charge in [0.15, 0.2) is 0 Å². The Morgan fingerprint density at radius 2 is 1.76 bits per heavy atom. The van der Waals surface area contributed by atoms with Crippen molar-refractivity contribution in [1.29, 1.82) is 0 Å². The first-order valence-corrected chi connectivity index (χ1v) is 10.1. The van der Waals surface area contributed by atoms with Gasteiger partial charge in [-0.1, -0.05) is 53.2 Å². The summed E-state index contributed by atoms with van der Waals surface area (Å²) in [4.78, 5) is 24.7. The number of aryl methyl sites for hydroxylation is 3. The summed E-state index contributed by atoms with van der Waals surface area (Å²) in [7, 11) is 0. The van der Waals surface area contributed by atoms with Crippen molar-refractivity contribution in [2.24, 2.45) is 0 Å². The molecule has 0 radical (unpaired) electrons. The molecule has 0 fully saturated rings. The first-order valence-electron chi connectivity index (χ1n) is 9.12. The minimum Gasteiger partial charge on any atom is -0.334 e. The third kappa shape index (κ3) is 5.23. The van der Waals surface area contributed by atoms with E-state index in [1.807, 2.05) is 57.2 Å². The molecule has 150 valence electrons. The Kier molecular flexibility index (Phi) is 6.33. The number of benzene rings is 2. The number of nitrogen functional groups attached to an aromatic ring is 1. The maximum absolute atomic E-state index is 12.6. The quantitative estimate of drug-likeness (QED) is 0.479. The van der Waals surface area contributed by atoms with Gasteiger partial charge in [-0.2, -0.15) is 4.68 Å². The van der Waals surface area contributed by atoms with Crippen LogP contribution >= 0.6 is 11.8 Å². The number of nitrogens with zero attached hydrogens (tertiary/aromatic N) is 3. The van der Waals surface area contributed by atoms with Crippen LogP contribution in [0.25, 0.3) is 0 Å². The van der Waals surface area contributed by atoms with Crippen molar-refractivity contribution in [1.82, 2.24) is 14.9 Å². The van der Waals surface area contributed by atoms with Crippen molar-refractivity contribution >= 4 is 23.4 Å². The van der Waals surface area contributed by atoms with Crippen LogP contribution in [0.1, 0.15) is 27.9 Å². The number of hydrogen-bond donors (Lipinski definition) is 2. The highest BCUT2D eigenvalue weighted by Crippen LogP contribution is 2.16. The second-order valence-corrected chi connectivity index (χ2v) is 7.86. The van der Waals surface area contributed by atoms with Crippen LogP contribution < -0.4 is 16.7 Å². The number of amides is 1. The highest BCUT2D eigenvalue weighted by molar-refractivity contribution is 7.99. The fourth-order valence-electron chi connectivity index (χ4n) is 2.82. The molecule has 0 unspecified atom stereocenters. The summed E-state index contributed by atoms with van der Waals surface area (Å²) in [6, 6.07) is 13.5. The summed E-state index contributed by atoms with van der Waals surface area (Å²) in [5.41, 5.74) is 4.92. The lowest BCUT2D eigenvalue weighted by Gasteiger charge is -2.09. The normalized spacial score (nSPS) is 10.7. The zero-order valence-corrected chi connectivity index (χ0v) is 17.4. The highest BCUT2D eigenvalue weighted by atomic mass is 32.2. The average Bonchev–Trinajstić information content (AvgIpc) is 2.68. The molecule has 3 aromatic rings. The SMILES string of the molecule is Cc1ccc(NC(=O)CSc2nnc(Cc3ccc(C)cc3C)c(=O)n2N)cc1. The van der Waals surface area contributed by atoms with Crippen LogP contribution in [0, 0.1) is 20.8 Å². The van der Waals surface area contributed by atoms with Gasteiger partial charge in [0.05, 0.1) is 5.75 Å². The van der Waals surface area contributed by atoms with E-state index in [-0.39, 0.29) is 22.5 Å². The number of carbonyl (C=O) groups is 1.